The Morgan fingerprint density at radius 1 is 1.06 bits per heavy atom. The summed E-state index contributed by atoms with van der Waals surface area (Å²) in [7, 11) is 1.23. The second-order valence-electron chi connectivity index (χ2n) is 7.16. The van der Waals surface area contributed by atoms with Crippen LogP contribution in [-0.4, -0.2) is 30.5 Å². The van der Waals surface area contributed by atoms with Crippen molar-refractivity contribution < 1.29 is 32.3 Å². The van der Waals surface area contributed by atoms with Crippen LogP contribution in [-0.2, 0) is 15.7 Å². The zero-order chi connectivity index (χ0) is 24.3. The Bertz CT molecular complexity index is 1190. The molecule has 0 spiro atoms. The first kappa shape index (κ1) is 24.2. The number of Topliss-reactive ketones (excluding diaryl/α,β-unsaturated/α-hetero) is 1. The number of nitrogens with two attached hydrogens (primary N) is 1. The van der Waals surface area contributed by atoms with Gasteiger partial charge >= 0.3 is 12.1 Å². The van der Waals surface area contributed by atoms with Crippen LogP contribution in [0.2, 0.25) is 5.02 Å². The van der Waals surface area contributed by atoms with Crippen LogP contribution in [0.15, 0.2) is 53.0 Å². The molecule has 1 amide bonds. The molecule has 2 N–H and O–H groups in total. The van der Waals surface area contributed by atoms with Crippen molar-refractivity contribution in [3.8, 4) is 0 Å². The number of ether oxygens (including phenoxy) is 1. The predicted octanol–water partition coefficient (Wildman–Crippen LogP) is 4.85. The number of methoxy groups -OCH3 is 1. The van der Waals surface area contributed by atoms with Gasteiger partial charge in [-0.05, 0) is 42.7 Å². The summed E-state index contributed by atoms with van der Waals surface area (Å²) in [4.78, 5) is 40.9. The van der Waals surface area contributed by atoms with E-state index in [9.17, 15) is 27.6 Å². The fraction of sp³-hybridized carbons (Fsp3) is 0.217. The molecule has 0 aliphatic heterocycles. The van der Waals surface area contributed by atoms with Gasteiger partial charge in [0.2, 0.25) is 0 Å². The number of carbonyl (C=O) groups excluding carboxylic acids is 3. The largest absolute Gasteiger partial charge is 0.465 e. The summed E-state index contributed by atoms with van der Waals surface area (Å²) in [5.74, 6) is -2.17. The normalized spacial score (nSPS) is 17.1. The van der Waals surface area contributed by atoms with E-state index in [-0.39, 0.29) is 35.4 Å². The monoisotopic (exact) mass is 478 g/mol. The molecule has 0 heterocycles. The van der Waals surface area contributed by atoms with Gasteiger partial charge in [0.25, 0.3) is 5.91 Å². The fourth-order valence-electron chi connectivity index (χ4n) is 3.45. The van der Waals surface area contributed by atoms with Crippen molar-refractivity contribution in [2.75, 3.05) is 7.11 Å². The summed E-state index contributed by atoms with van der Waals surface area (Å²) in [6, 6.07) is 8.86. The molecule has 2 aromatic carbocycles. The third kappa shape index (κ3) is 5.14. The number of amides is 1. The lowest BCUT2D eigenvalue weighted by Gasteiger charge is -2.19. The van der Waals surface area contributed by atoms with Gasteiger partial charge in [0.1, 0.15) is 0 Å². The van der Waals surface area contributed by atoms with Gasteiger partial charge in [-0.2, -0.15) is 13.2 Å². The van der Waals surface area contributed by atoms with Crippen LogP contribution in [0.3, 0.4) is 0 Å². The van der Waals surface area contributed by atoms with Crippen LogP contribution in [0.1, 0.15) is 51.1 Å². The highest BCUT2D eigenvalue weighted by molar-refractivity contribution is 6.35. The fourth-order valence-corrected chi connectivity index (χ4v) is 3.70. The van der Waals surface area contributed by atoms with Crippen LogP contribution in [0.25, 0.3) is 5.70 Å². The molecule has 6 nitrogen and oxygen atoms in total. The van der Waals surface area contributed by atoms with Crippen LogP contribution in [0.4, 0.5) is 13.2 Å². The molecule has 0 unspecified atom stereocenters. The van der Waals surface area contributed by atoms with E-state index in [1.165, 1.54) is 31.4 Å². The highest BCUT2D eigenvalue weighted by Crippen LogP contribution is 2.36. The summed E-state index contributed by atoms with van der Waals surface area (Å²) in [5.41, 5.74) is 4.76. The van der Waals surface area contributed by atoms with Gasteiger partial charge in [0, 0.05) is 6.42 Å². The molecule has 1 aliphatic carbocycles. The predicted molar refractivity (Wildman–Crippen MR) is 116 cm³/mol. The van der Waals surface area contributed by atoms with E-state index in [1.807, 2.05) is 0 Å². The summed E-state index contributed by atoms with van der Waals surface area (Å²) in [6.45, 7) is 0. The molecule has 10 heteroatoms. The molecular formula is C23H18ClF3N2O4. The summed E-state index contributed by atoms with van der Waals surface area (Å²) in [5, 5.41) is -0.404. The number of hydrogen-bond acceptors (Lipinski definition) is 5. The average Bonchev–Trinajstić information content (AvgIpc) is 2.77. The van der Waals surface area contributed by atoms with Crippen molar-refractivity contribution in [3.05, 3.63) is 75.3 Å². The number of benzene rings is 2. The molecule has 1 aliphatic rings. The molecule has 1 saturated carbocycles. The van der Waals surface area contributed by atoms with Gasteiger partial charge in [-0.1, -0.05) is 29.8 Å². The minimum atomic E-state index is -4.82. The standard InChI is InChI=1S/C23H18ClF3N2O4/c1-33-22(32)13-10-8-12(9-11-13)20(28)19-16(6-3-7-17(19)30)29-21(31)18-14(23(25,26)27)4-2-5-15(18)24/h2,4-5,8-11H,3,6-7,28H2,1H3. The van der Waals surface area contributed by atoms with Crippen molar-refractivity contribution in [1.29, 1.82) is 0 Å². The van der Waals surface area contributed by atoms with Gasteiger partial charge < -0.3 is 10.5 Å². The van der Waals surface area contributed by atoms with Gasteiger partial charge in [-0.3, -0.25) is 9.59 Å². The number of esters is 1. The first-order chi connectivity index (χ1) is 15.5. The van der Waals surface area contributed by atoms with Crippen LogP contribution < -0.4 is 5.73 Å². The molecule has 0 radical (unpaired) electrons. The molecule has 2 aromatic rings. The first-order valence-corrected chi connectivity index (χ1v) is 10.1. The van der Waals surface area contributed by atoms with Crippen molar-refractivity contribution in [1.82, 2.24) is 0 Å². The van der Waals surface area contributed by atoms with Crippen molar-refractivity contribution in [2.45, 2.75) is 25.4 Å². The van der Waals surface area contributed by atoms with Gasteiger partial charge in [-0.25, -0.2) is 9.79 Å². The summed E-state index contributed by atoms with van der Waals surface area (Å²) in [6.07, 6.45) is -4.15. The molecule has 33 heavy (non-hydrogen) atoms. The van der Waals surface area contributed by atoms with Crippen molar-refractivity contribution in [3.63, 3.8) is 0 Å². The van der Waals surface area contributed by atoms with E-state index < -0.39 is 40.0 Å². The molecule has 0 aromatic heterocycles. The van der Waals surface area contributed by atoms with Crippen molar-refractivity contribution >= 4 is 40.7 Å². The van der Waals surface area contributed by atoms with Crippen LogP contribution in [0.5, 0.6) is 0 Å². The smallest absolute Gasteiger partial charge is 0.417 e. The topological polar surface area (TPSA) is 98.8 Å². The number of hydrogen-bond donors (Lipinski definition) is 1. The molecule has 0 saturated heterocycles. The second kappa shape index (κ2) is 9.58. The van der Waals surface area contributed by atoms with E-state index in [1.54, 1.807) is 0 Å². The van der Waals surface area contributed by atoms with Gasteiger partial charge in [-0.15, -0.1) is 0 Å². The Labute approximate surface area is 191 Å². The van der Waals surface area contributed by atoms with Gasteiger partial charge in [0.15, 0.2) is 5.78 Å². The highest BCUT2D eigenvalue weighted by Gasteiger charge is 2.37. The molecular weight excluding hydrogens is 461 g/mol. The number of halogens is 4. The number of nitrogens with zero attached hydrogens (tertiary/aromatic N) is 1. The highest BCUT2D eigenvalue weighted by atomic mass is 35.5. The number of aliphatic imine (C=N–C) groups is 1. The second-order valence-corrected chi connectivity index (χ2v) is 7.57. The zero-order valence-electron chi connectivity index (χ0n) is 17.3. The van der Waals surface area contributed by atoms with E-state index in [0.717, 1.165) is 18.2 Å². The van der Waals surface area contributed by atoms with E-state index in [0.29, 0.717) is 12.0 Å². The number of rotatable bonds is 3. The van der Waals surface area contributed by atoms with Crippen LogP contribution in [0, 0.1) is 0 Å². The minimum absolute atomic E-state index is 0.00197. The molecule has 0 atom stereocenters. The lowest BCUT2D eigenvalue weighted by Crippen LogP contribution is -2.24. The van der Waals surface area contributed by atoms with E-state index in [2.05, 4.69) is 9.73 Å². The lowest BCUT2D eigenvalue weighted by atomic mass is 9.88. The Hall–Kier alpha value is -3.46. The minimum Gasteiger partial charge on any atom is -0.465 e. The number of carbonyl (C=O) groups is 3. The lowest BCUT2D eigenvalue weighted by molar-refractivity contribution is -0.137. The zero-order valence-corrected chi connectivity index (χ0v) is 18.1. The van der Waals surface area contributed by atoms with E-state index in [4.69, 9.17) is 17.3 Å². The Morgan fingerprint density at radius 2 is 1.70 bits per heavy atom. The van der Waals surface area contributed by atoms with Gasteiger partial charge in [0.05, 0.1) is 45.8 Å². The Balaban J connectivity index is 2.08. The van der Waals surface area contributed by atoms with E-state index >= 15 is 0 Å². The maximum atomic E-state index is 13.4. The number of allylic oxidation sites excluding steroid dienone is 1. The quantitative estimate of drug-likeness (QED) is 0.502. The summed E-state index contributed by atoms with van der Waals surface area (Å²) >= 11 is 5.89. The Kier molecular flexibility index (Phi) is 7.02. The molecule has 1 fully saturated rings. The maximum Gasteiger partial charge on any atom is 0.417 e. The number of alkyl halides is 3. The van der Waals surface area contributed by atoms with Crippen molar-refractivity contribution in [2.24, 2.45) is 10.7 Å². The number of ketones is 1. The summed E-state index contributed by atoms with van der Waals surface area (Å²) < 4.78 is 44.8. The third-order valence-corrected chi connectivity index (χ3v) is 5.36. The Morgan fingerprint density at radius 3 is 2.30 bits per heavy atom. The molecule has 0 bridgehead atoms. The molecule has 172 valence electrons. The van der Waals surface area contributed by atoms with Crippen LogP contribution >= 0.6 is 11.6 Å². The first-order valence-electron chi connectivity index (χ1n) is 9.74. The average molecular weight is 479 g/mol. The molecule has 3 rings (SSSR count). The SMILES string of the molecule is COC(=O)c1ccc(C(N)=C2C(=O)CCCC2=NC(=O)c2c(Cl)cccc2C(F)(F)F)cc1. The third-order valence-electron chi connectivity index (χ3n) is 5.04. The maximum absolute atomic E-state index is 13.4.